The largest absolute Gasteiger partial charge is 0.295 e. The maximum absolute atomic E-state index is 11.3. The van der Waals surface area contributed by atoms with Gasteiger partial charge in [0.25, 0.3) is 0 Å². The van der Waals surface area contributed by atoms with E-state index in [1.54, 1.807) is 6.92 Å². The highest BCUT2D eigenvalue weighted by molar-refractivity contribution is 5.94. The summed E-state index contributed by atoms with van der Waals surface area (Å²) in [5, 5.41) is 4.48. The van der Waals surface area contributed by atoms with Crippen LogP contribution in [0.5, 0.6) is 0 Å². The maximum atomic E-state index is 11.3. The summed E-state index contributed by atoms with van der Waals surface area (Å²) in [4.78, 5) is 11.3. The average Bonchev–Trinajstić information content (AvgIpc) is 2.71. The molecule has 0 N–H and O–H groups in total. The number of nitrogens with zero attached hydrogens (tertiary/aromatic N) is 2. The lowest BCUT2D eigenvalue weighted by Crippen LogP contribution is -1.92. The van der Waals surface area contributed by atoms with Crippen molar-refractivity contribution in [1.82, 2.24) is 9.78 Å². The van der Waals surface area contributed by atoms with Gasteiger partial charge in [0.2, 0.25) is 0 Å². The molecular formula is C15H18N2O. The predicted molar refractivity (Wildman–Crippen MR) is 72.6 cm³/mol. The summed E-state index contributed by atoms with van der Waals surface area (Å²) < 4.78 is 1.85. The molecule has 0 spiro atoms. The van der Waals surface area contributed by atoms with Crippen LogP contribution in [0.3, 0.4) is 0 Å². The summed E-state index contributed by atoms with van der Waals surface area (Å²) in [6.07, 6.45) is 4.09. The van der Waals surface area contributed by atoms with Crippen molar-refractivity contribution in [1.29, 1.82) is 0 Å². The summed E-state index contributed by atoms with van der Waals surface area (Å²) in [6.45, 7) is 3.74. The van der Waals surface area contributed by atoms with Gasteiger partial charge in [0.05, 0.1) is 5.69 Å². The first-order valence-corrected chi connectivity index (χ1v) is 6.25. The fourth-order valence-electron chi connectivity index (χ4n) is 2.08. The minimum Gasteiger partial charge on any atom is -0.295 e. The zero-order valence-electron chi connectivity index (χ0n) is 11.1. The molecule has 1 aromatic carbocycles. The van der Waals surface area contributed by atoms with E-state index in [9.17, 15) is 4.79 Å². The molecule has 0 bridgehead atoms. The highest BCUT2D eigenvalue weighted by Crippen LogP contribution is 2.24. The normalized spacial score (nSPS) is 10.6. The van der Waals surface area contributed by atoms with Crippen LogP contribution in [0, 0.1) is 0 Å². The maximum Gasteiger partial charge on any atom is 0.159 e. The number of Topliss-reactive ketones (excluding diaryl/α,β-unsaturated/α-hetero) is 1. The van der Waals surface area contributed by atoms with Crippen LogP contribution >= 0.6 is 0 Å². The summed E-state index contributed by atoms with van der Waals surface area (Å²) in [6, 6.07) is 7.74. The van der Waals surface area contributed by atoms with E-state index in [2.05, 4.69) is 12.0 Å². The van der Waals surface area contributed by atoms with Crippen LogP contribution in [0.1, 0.15) is 36.3 Å². The molecule has 2 aromatic rings. The zero-order chi connectivity index (χ0) is 13.1. The molecule has 0 amide bonds. The molecule has 0 unspecified atom stereocenters. The molecule has 0 aliphatic carbocycles. The minimum atomic E-state index is 0.0986. The predicted octanol–water partition coefficient (Wildman–Crippen LogP) is 3.24. The van der Waals surface area contributed by atoms with Crippen LogP contribution < -0.4 is 0 Å². The molecule has 94 valence electrons. The van der Waals surface area contributed by atoms with Crippen molar-refractivity contribution in [2.24, 2.45) is 7.05 Å². The van der Waals surface area contributed by atoms with Crippen molar-refractivity contribution in [2.45, 2.75) is 26.7 Å². The second kappa shape index (κ2) is 5.17. The Morgan fingerprint density at radius 2 is 1.94 bits per heavy atom. The molecule has 1 aromatic heterocycles. The standard InChI is InChI=1S/C15H18N2O/c1-4-5-15-14(10-17(3)16-15)13-8-6-12(7-9-13)11(2)18/h6-10H,4-5H2,1-3H3. The molecule has 3 nitrogen and oxygen atoms in total. The van der Waals surface area contributed by atoms with E-state index >= 15 is 0 Å². The van der Waals surface area contributed by atoms with Crippen molar-refractivity contribution in [3.8, 4) is 11.1 Å². The average molecular weight is 242 g/mol. The van der Waals surface area contributed by atoms with Crippen molar-refractivity contribution in [3.05, 3.63) is 41.7 Å². The van der Waals surface area contributed by atoms with Gasteiger partial charge in [0.1, 0.15) is 0 Å². The Kier molecular flexibility index (Phi) is 3.60. The molecule has 0 radical (unpaired) electrons. The fraction of sp³-hybridized carbons (Fsp3) is 0.333. The molecule has 0 aliphatic heterocycles. The van der Waals surface area contributed by atoms with Crippen LogP contribution in [0.2, 0.25) is 0 Å². The third-order valence-electron chi connectivity index (χ3n) is 2.99. The van der Waals surface area contributed by atoms with E-state index in [0.29, 0.717) is 0 Å². The van der Waals surface area contributed by atoms with E-state index in [1.165, 1.54) is 0 Å². The molecule has 18 heavy (non-hydrogen) atoms. The number of rotatable bonds is 4. The Bertz CT molecular complexity index is 552. The number of hydrogen-bond acceptors (Lipinski definition) is 2. The lowest BCUT2D eigenvalue weighted by molar-refractivity contribution is 0.101. The number of carbonyl (C=O) groups is 1. The van der Waals surface area contributed by atoms with E-state index in [0.717, 1.165) is 35.2 Å². The van der Waals surface area contributed by atoms with Crippen molar-refractivity contribution < 1.29 is 4.79 Å². The molecule has 0 atom stereocenters. The first-order valence-electron chi connectivity index (χ1n) is 6.25. The highest BCUT2D eigenvalue weighted by atomic mass is 16.1. The number of hydrogen-bond donors (Lipinski definition) is 0. The SMILES string of the molecule is CCCc1nn(C)cc1-c1ccc(C(C)=O)cc1. The van der Waals surface area contributed by atoms with Crippen LogP contribution in [0.25, 0.3) is 11.1 Å². The van der Waals surface area contributed by atoms with Gasteiger partial charge in [-0.1, -0.05) is 37.6 Å². The molecule has 3 heteroatoms. The summed E-state index contributed by atoms with van der Waals surface area (Å²) in [7, 11) is 1.94. The minimum absolute atomic E-state index is 0.0986. The molecule has 0 fully saturated rings. The van der Waals surface area contributed by atoms with Gasteiger partial charge in [-0.2, -0.15) is 5.10 Å². The molecule has 1 heterocycles. The molecular weight excluding hydrogens is 224 g/mol. The smallest absolute Gasteiger partial charge is 0.159 e. The Labute approximate surface area is 107 Å². The van der Waals surface area contributed by atoms with Gasteiger partial charge in [0, 0.05) is 24.4 Å². The van der Waals surface area contributed by atoms with Gasteiger partial charge in [0.15, 0.2) is 5.78 Å². The van der Waals surface area contributed by atoms with Crippen LogP contribution in [0.15, 0.2) is 30.5 Å². The van der Waals surface area contributed by atoms with Gasteiger partial charge < -0.3 is 0 Å². The van der Waals surface area contributed by atoms with Crippen molar-refractivity contribution in [2.75, 3.05) is 0 Å². The second-order valence-corrected chi connectivity index (χ2v) is 4.55. The van der Waals surface area contributed by atoms with Gasteiger partial charge >= 0.3 is 0 Å². The summed E-state index contributed by atoms with van der Waals surface area (Å²) in [5.41, 5.74) is 4.15. The lowest BCUT2D eigenvalue weighted by atomic mass is 10.0. The topological polar surface area (TPSA) is 34.9 Å². The zero-order valence-corrected chi connectivity index (χ0v) is 11.1. The van der Waals surface area contributed by atoms with E-state index in [1.807, 2.05) is 42.2 Å². The van der Waals surface area contributed by atoms with Gasteiger partial charge in [-0.05, 0) is 18.9 Å². The number of ketones is 1. The van der Waals surface area contributed by atoms with Crippen molar-refractivity contribution in [3.63, 3.8) is 0 Å². The van der Waals surface area contributed by atoms with Crippen molar-refractivity contribution >= 4 is 5.78 Å². The van der Waals surface area contributed by atoms with Gasteiger partial charge in [-0.25, -0.2) is 0 Å². The third-order valence-corrected chi connectivity index (χ3v) is 2.99. The van der Waals surface area contributed by atoms with E-state index < -0.39 is 0 Å². The van der Waals surface area contributed by atoms with Crippen LogP contribution in [-0.2, 0) is 13.5 Å². The Hall–Kier alpha value is -1.90. The first kappa shape index (κ1) is 12.6. The van der Waals surface area contributed by atoms with Gasteiger partial charge in [-0.15, -0.1) is 0 Å². The quantitative estimate of drug-likeness (QED) is 0.771. The summed E-state index contributed by atoms with van der Waals surface area (Å²) >= 11 is 0. The van der Waals surface area contributed by atoms with E-state index in [-0.39, 0.29) is 5.78 Å². The number of aromatic nitrogens is 2. The van der Waals surface area contributed by atoms with Crippen LogP contribution in [-0.4, -0.2) is 15.6 Å². The van der Waals surface area contributed by atoms with E-state index in [4.69, 9.17) is 0 Å². The second-order valence-electron chi connectivity index (χ2n) is 4.55. The fourth-order valence-corrected chi connectivity index (χ4v) is 2.08. The lowest BCUT2D eigenvalue weighted by Gasteiger charge is -2.02. The third kappa shape index (κ3) is 2.50. The highest BCUT2D eigenvalue weighted by Gasteiger charge is 2.09. The Morgan fingerprint density at radius 3 is 2.50 bits per heavy atom. The monoisotopic (exact) mass is 242 g/mol. The van der Waals surface area contributed by atoms with Gasteiger partial charge in [-0.3, -0.25) is 9.48 Å². The molecule has 0 saturated heterocycles. The number of benzene rings is 1. The molecule has 0 saturated carbocycles. The van der Waals surface area contributed by atoms with Crippen LogP contribution in [0.4, 0.5) is 0 Å². The Morgan fingerprint density at radius 1 is 1.28 bits per heavy atom. The molecule has 0 aliphatic rings. The summed E-state index contributed by atoms with van der Waals surface area (Å²) in [5.74, 6) is 0.0986. The number of carbonyl (C=O) groups excluding carboxylic acids is 1. The first-order chi connectivity index (χ1) is 8.61. The number of aryl methyl sites for hydroxylation is 2. The molecule has 2 rings (SSSR count). The Balaban J connectivity index is 2.38.